The Balaban J connectivity index is 3.60. The number of nitrogens with one attached hydrogen (secondary N) is 1. The number of halogens is 1. The number of allylic oxidation sites excluding steroid dienone is 1. The van der Waals surface area contributed by atoms with E-state index in [-0.39, 0.29) is 0 Å². The van der Waals surface area contributed by atoms with E-state index >= 15 is 0 Å². The van der Waals surface area contributed by atoms with Gasteiger partial charge in [-0.15, -0.1) is 0 Å². The largest absolute Gasteiger partial charge is 0.308 e. The van der Waals surface area contributed by atoms with Crippen molar-refractivity contribution in [2.45, 2.75) is 13.3 Å². The average molecular weight is 101 g/mol. The maximum Gasteiger partial charge on any atom is 0.0913 e. The van der Waals surface area contributed by atoms with Crippen molar-refractivity contribution in [2.24, 2.45) is 0 Å². The molecule has 7 heavy (non-hydrogen) atoms. The van der Waals surface area contributed by atoms with Gasteiger partial charge in [-0.3, -0.25) is 0 Å². The normalized spacial score (nSPS) is 11.4. The van der Waals surface area contributed by atoms with E-state index in [1.807, 2.05) is 0 Å². The van der Waals surface area contributed by atoms with Gasteiger partial charge in [0.05, 0.1) is 6.33 Å². The highest BCUT2D eigenvalue weighted by atomic mass is 19.1. The van der Waals surface area contributed by atoms with Crippen LogP contribution in [0.1, 0.15) is 13.3 Å². The fourth-order valence-electron chi connectivity index (χ4n) is 0.211. The van der Waals surface area contributed by atoms with Crippen molar-refractivity contribution in [1.82, 2.24) is 0 Å². The van der Waals surface area contributed by atoms with Gasteiger partial charge >= 0.3 is 0 Å². The molecule has 0 saturated heterocycles. The predicted octanol–water partition coefficient (Wildman–Crippen LogP) is 1.90. The molecule has 0 unspecified atom stereocenters. The van der Waals surface area contributed by atoms with Crippen LogP contribution in [0.25, 0.3) is 0 Å². The standard InChI is InChI=1S/C5H8FN/c1-2-5(3-6)4-7/h3-4,7H,2H2,1H3/b5-3-,7-4?. The SMILES string of the molecule is CC/C(C=N)=C/F. The van der Waals surface area contributed by atoms with Crippen LogP contribution in [0.5, 0.6) is 0 Å². The topological polar surface area (TPSA) is 23.9 Å². The van der Waals surface area contributed by atoms with Crippen LogP contribution in [0.2, 0.25) is 0 Å². The van der Waals surface area contributed by atoms with Gasteiger partial charge in [-0.25, -0.2) is 4.39 Å². The highest BCUT2D eigenvalue weighted by Crippen LogP contribution is 1.94. The Bertz CT molecular complexity index is 86.1. The molecular weight excluding hydrogens is 93.1 g/mol. The van der Waals surface area contributed by atoms with Crippen molar-refractivity contribution in [3.05, 3.63) is 11.9 Å². The molecule has 0 rings (SSSR count). The zero-order valence-electron chi connectivity index (χ0n) is 4.24. The van der Waals surface area contributed by atoms with Gasteiger partial charge in [0.15, 0.2) is 0 Å². The van der Waals surface area contributed by atoms with E-state index in [4.69, 9.17) is 5.41 Å². The molecule has 0 atom stereocenters. The van der Waals surface area contributed by atoms with Gasteiger partial charge in [-0.05, 0) is 12.0 Å². The Labute approximate surface area is 42.4 Å². The summed E-state index contributed by atoms with van der Waals surface area (Å²) in [5.74, 6) is 0. The molecule has 40 valence electrons. The molecule has 0 saturated carbocycles. The van der Waals surface area contributed by atoms with E-state index in [1.165, 1.54) is 0 Å². The van der Waals surface area contributed by atoms with Crippen LogP contribution in [0.4, 0.5) is 4.39 Å². The minimum atomic E-state index is 0.431. The summed E-state index contributed by atoms with van der Waals surface area (Å²) in [6.45, 7) is 1.80. The molecule has 2 heteroatoms. The molecule has 0 amide bonds. The Morgan fingerprint density at radius 2 is 2.43 bits per heavy atom. The Kier molecular flexibility index (Phi) is 3.19. The van der Waals surface area contributed by atoms with Gasteiger partial charge in [0.2, 0.25) is 0 Å². The lowest BCUT2D eigenvalue weighted by Gasteiger charge is -1.84. The van der Waals surface area contributed by atoms with Crippen LogP contribution >= 0.6 is 0 Å². The zero-order valence-corrected chi connectivity index (χ0v) is 4.24. The maximum absolute atomic E-state index is 11.3. The summed E-state index contributed by atoms with van der Waals surface area (Å²) in [5, 5.41) is 6.53. The molecule has 0 radical (unpaired) electrons. The van der Waals surface area contributed by atoms with Crippen molar-refractivity contribution in [3.63, 3.8) is 0 Å². The minimum Gasteiger partial charge on any atom is -0.308 e. The number of hydrogen-bond acceptors (Lipinski definition) is 1. The summed E-state index contributed by atoms with van der Waals surface area (Å²) in [6.07, 6.45) is 2.06. The Morgan fingerprint density at radius 1 is 1.86 bits per heavy atom. The highest BCUT2D eigenvalue weighted by molar-refractivity contribution is 5.74. The van der Waals surface area contributed by atoms with Crippen LogP contribution in [-0.2, 0) is 0 Å². The first kappa shape index (κ1) is 6.34. The van der Waals surface area contributed by atoms with E-state index in [1.54, 1.807) is 6.92 Å². The molecule has 0 fully saturated rings. The number of hydrogen-bond donors (Lipinski definition) is 1. The summed E-state index contributed by atoms with van der Waals surface area (Å²) in [7, 11) is 0. The molecule has 0 aliphatic rings. The molecule has 1 nitrogen and oxygen atoms in total. The van der Waals surface area contributed by atoms with Crippen LogP contribution in [0.15, 0.2) is 11.9 Å². The fourth-order valence-corrected chi connectivity index (χ4v) is 0.211. The molecule has 0 aromatic carbocycles. The maximum atomic E-state index is 11.3. The van der Waals surface area contributed by atoms with Crippen molar-refractivity contribution in [2.75, 3.05) is 0 Å². The summed E-state index contributed by atoms with van der Waals surface area (Å²) in [4.78, 5) is 0. The molecule has 0 aliphatic heterocycles. The van der Waals surface area contributed by atoms with Crippen molar-refractivity contribution in [3.8, 4) is 0 Å². The second kappa shape index (κ2) is 3.53. The van der Waals surface area contributed by atoms with Gasteiger partial charge in [-0.2, -0.15) is 0 Å². The second-order valence-corrected chi connectivity index (χ2v) is 1.18. The van der Waals surface area contributed by atoms with Gasteiger partial charge in [-0.1, -0.05) is 6.92 Å². The third-order valence-corrected chi connectivity index (χ3v) is 0.734. The van der Waals surface area contributed by atoms with Gasteiger partial charge < -0.3 is 5.41 Å². The van der Waals surface area contributed by atoms with Crippen LogP contribution in [0, 0.1) is 5.41 Å². The summed E-state index contributed by atoms with van der Waals surface area (Å²) in [6, 6.07) is 0. The molecular formula is C5H8FN. The Morgan fingerprint density at radius 3 is 2.43 bits per heavy atom. The van der Waals surface area contributed by atoms with Crippen LogP contribution < -0.4 is 0 Å². The average Bonchev–Trinajstić information content (AvgIpc) is 1.72. The van der Waals surface area contributed by atoms with Gasteiger partial charge in [0.25, 0.3) is 0 Å². The molecule has 0 heterocycles. The molecule has 0 aromatic heterocycles. The van der Waals surface area contributed by atoms with Gasteiger partial charge in [0.1, 0.15) is 0 Å². The van der Waals surface area contributed by atoms with E-state index in [2.05, 4.69) is 0 Å². The minimum absolute atomic E-state index is 0.431. The van der Waals surface area contributed by atoms with Crippen molar-refractivity contribution < 1.29 is 4.39 Å². The first-order valence-corrected chi connectivity index (χ1v) is 2.14. The lowest BCUT2D eigenvalue weighted by atomic mass is 10.3. The lowest BCUT2D eigenvalue weighted by Crippen LogP contribution is -1.75. The lowest BCUT2D eigenvalue weighted by molar-refractivity contribution is 0.710. The molecule has 0 aliphatic carbocycles. The molecule has 0 bridgehead atoms. The summed E-state index contributed by atoms with van der Waals surface area (Å²) >= 11 is 0. The molecule has 1 N–H and O–H groups in total. The van der Waals surface area contributed by atoms with E-state index in [0.29, 0.717) is 18.3 Å². The smallest absolute Gasteiger partial charge is 0.0913 e. The third-order valence-electron chi connectivity index (χ3n) is 0.734. The predicted molar refractivity (Wildman–Crippen MR) is 28.3 cm³/mol. The fraction of sp³-hybridized carbons (Fsp3) is 0.400. The highest BCUT2D eigenvalue weighted by Gasteiger charge is 1.82. The monoisotopic (exact) mass is 101 g/mol. The summed E-state index contributed by atoms with van der Waals surface area (Å²) in [5.41, 5.74) is 0.431. The first-order chi connectivity index (χ1) is 3.35. The van der Waals surface area contributed by atoms with E-state index in [9.17, 15) is 4.39 Å². The quantitative estimate of drug-likeness (QED) is 0.513. The van der Waals surface area contributed by atoms with Crippen molar-refractivity contribution in [1.29, 1.82) is 5.41 Å². The van der Waals surface area contributed by atoms with Crippen LogP contribution in [0.3, 0.4) is 0 Å². The molecule has 0 spiro atoms. The third kappa shape index (κ3) is 2.09. The van der Waals surface area contributed by atoms with Gasteiger partial charge in [0, 0.05) is 6.21 Å². The molecule has 0 aromatic rings. The first-order valence-electron chi connectivity index (χ1n) is 2.14. The summed E-state index contributed by atoms with van der Waals surface area (Å²) < 4.78 is 11.3. The zero-order chi connectivity index (χ0) is 5.70. The second-order valence-electron chi connectivity index (χ2n) is 1.18. The number of rotatable bonds is 2. The van der Waals surface area contributed by atoms with E-state index < -0.39 is 0 Å². The van der Waals surface area contributed by atoms with Crippen molar-refractivity contribution >= 4 is 6.21 Å². The Hall–Kier alpha value is -0.660. The van der Waals surface area contributed by atoms with Crippen LogP contribution in [-0.4, -0.2) is 6.21 Å². The van der Waals surface area contributed by atoms with E-state index in [0.717, 1.165) is 6.21 Å².